The van der Waals surface area contributed by atoms with Gasteiger partial charge in [-0.1, -0.05) is 18.2 Å². The fourth-order valence-electron chi connectivity index (χ4n) is 2.55. The van der Waals surface area contributed by atoms with Gasteiger partial charge < -0.3 is 10.6 Å². The molecule has 2 N–H and O–H groups in total. The van der Waals surface area contributed by atoms with Crippen LogP contribution in [0.1, 0.15) is 12.5 Å². The van der Waals surface area contributed by atoms with Gasteiger partial charge in [-0.3, -0.25) is 4.98 Å². The number of fused-ring (bicyclic) bond motifs is 1. The van der Waals surface area contributed by atoms with Gasteiger partial charge >= 0.3 is 0 Å². The van der Waals surface area contributed by atoms with Gasteiger partial charge in [-0.25, -0.2) is 0 Å². The maximum absolute atomic E-state index is 5.88. The van der Waals surface area contributed by atoms with E-state index in [4.69, 9.17) is 5.73 Å². The zero-order valence-corrected chi connectivity index (χ0v) is 12.2. The van der Waals surface area contributed by atoms with E-state index in [9.17, 15) is 0 Å². The zero-order chi connectivity index (χ0) is 14.7. The molecule has 0 radical (unpaired) electrons. The standard InChI is InChI=1S/C18H19N3/c1-2-21(17-7-3-6-16(19)12-17)13-14-8-9-18-15(11-14)5-4-10-20-18/h3-12H,2,13,19H2,1H3. The van der Waals surface area contributed by atoms with E-state index >= 15 is 0 Å². The molecule has 0 saturated heterocycles. The van der Waals surface area contributed by atoms with Gasteiger partial charge in [0, 0.05) is 36.0 Å². The summed E-state index contributed by atoms with van der Waals surface area (Å²) in [4.78, 5) is 6.67. The molecule has 1 aromatic heterocycles. The summed E-state index contributed by atoms with van der Waals surface area (Å²) in [5.41, 5.74) is 10.2. The molecule has 0 aliphatic heterocycles. The van der Waals surface area contributed by atoms with Gasteiger partial charge in [0.25, 0.3) is 0 Å². The van der Waals surface area contributed by atoms with Crippen molar-refractivity contribution in [2.45, 2.75) is 13.5 Å². The lowest BCUT2D eigenvalue weighted by Crippen LogP contribution is -2.22. The van der Waals surface area contributed by atoms with E-state index in [1.165, 1.54) is 10.9 Å². The summed E-state index contributed by atoms with van der Waals surface area (Å²) in [6, 6.07) is 18.5. The molecule has 2 aromatic carbocycles. The normalized spacial score (nSPS) is 10.7. The third-order valence-electron chi connectivity index (χ3n) is 3.66. The highest BCUT2D eigenvalue weighted by Gasteiger charge is 2.06. The Balaban J connectivity index is 1.88. The van der Waals surface area contributed by atoms with E-state index in [0.717, 1.165) is 30.0 Å². The Morgan fingerprint density at radius 3 is 2.76 bits per heavy atom. The molecule has 0 aliphatic carbocycles. The Morgan fingerprint density at radius 2 is 1.95 bits per heavy atom. The van der Waals surface area contributed by atoms with Crippen LogP contribution in [0.25, 0.3) is 10.9 Å². The van der Waals surface area contributed by atoms with Crippen molar-refractivity contribution in [1.82, 2.24) is 4.98 Å². The topological polar surface area (TPSA) is 42.2 Å². The number of aromatic nitrogens is 1. The summed E-state index contributed by atoms with van der Waals surface area (Å²) in [6.45, 7) is 3.96. The van der Waals surface area contributed by atoms with Gasteiger partial charge in [-0.05, 0) is 48.9 Å². The maximum Gasteiger partial charge on any atom is 0.0702 e. The van der Waals surface area contributed by atoms with E-state index in [1.807, 2.05) is 30.5 Å². The number of hydrogen-bond acceptors (Lipinski definition) is 3. The predicted octanol–water partition coefficient (Wildman–Crippen LogP) is 3.84. The number of nitrogen functional groups attached to an aromatic ring is 1. The summed E-state index contributed by atoms with van der Waals surface area (Å²) >= 11 is 0. The van der Waals surface area contributed by atoms with Crippen LogP contribution in [0.5, 0.6) is 0 Å². The molecule has 0 bridgehead atoms. The summed E-state index contributed by atoms with van der Waals surface area (Å²) < 4.78 is 0. The number of benzene rings is 2. The van der Waals surface area contributed by atoms with E-state index in [1.54, 1.807) is 0 Å². The minimum absolute atomic E-state index is 0.800. The number of hydrogen-bond donors (Lipinski definition) is 1. The van der Waals surface area contributed by atoms with Crippen molar-refractivity contribution >= 4 is 22.3 Å². The first-order chi connectivity index (χ1) is 10.3. The second-order valence-electron chi connectivity index (χ2n) is 5.14. The average molecular weight is 277 g/mol. The van der Waals surface area contributed by atoms with Crippen molar-refractivity contribution in [3.8, 4) is 0 Å². The first-order valence-electron chi connectivity index (χ1n) is 7.20. The molecule has 3 nitrogen and oxygen atoms in total. The van der Waals surface area contributed by atoms with Crippen LogP contribution < -0.4 is 10.6 Å². The first-order valence-corrected chi connectivity index (χ1v) is 7.20. The van der Waals surface area contributed by atoms with Crippen LogP contribution in [0.15, 0.2) is 60.8 Å². The van der Waals surface area contributed by atoms with Gasteiger partial charge in [0.15, 0.2) is 0 Å². The summed E-state index contributed by atoms with van der Waals surface area (Å²) in [5.74, 6) is 0. The van der Waals surface area contributed by atoms with Crippen LogP contribution in [0.2, 0.25) is 0 Å². The number of nitrogens with two attached hydrogens (primary N) is 1. The lowest BCUT2D eigenvalue weighted by molar-refractivity contribution is 0.833. The minimum atomic E-state index is 0.800. The highest BCUT2D eigenvalue weighted by Crippen LogP contribution is 2.21. The molecule has 3 rings (SSSR count). The van der Waals surface area contributed by atoms with Crippen LogP contribution in [0.4, 0.5) is 11.4 Å². The van der Waals surface area contributed by atoms with Crippen molar-refractivity contribution in [3.05, 3.63) is 66.4 Å². The van der Waals surface area contributed by atoms with Crippen LogP contribution >= 0.6 is 0 Å². The molecular formula is C18H19N3. The Kier molecular flexibility index (Phi) is 3.73. The van der Waals surface area contributed by atoms with Crippen LogP contribution in [-0.4, -0.2) is 11.5 Å². The molecule has 0 amide bonds. The van der Waals surface area contributed by atoms with E-state index in [2.05, 4.69) is 47.1 Å². The molecule has 0 unspecified atom stereocenters. The van der Waals surface area contributed by atoms with Crippen molar-refractivity contribution in [2.75, 3.05) is 17.2 Å². The fourth-order valence-corrected chi connectivity index (χ4v) is 2.55. The smallest absolute Gasteiger partial charge is 0.0702 e. The zero-order valence-electron chi connectivity index (χ0n) is 12.2. The molecule has 0 spiro atoms. The highest BCUT2D eigenvalue weighted by molar-refractivity contribution is 5.79. The third-order valence-corrected chi connectivity index (χ3v) is 3.66. The first kappa shape index (κ1) is 13.4. The molecular weight excluding hydrogens is 258 g/mol. The van der Waals surface area contributed by atoms with Crippen LogP contribution in [-0.2, 0) is 6.54 Å². The second kappa shape index (κ2) is 5.83. The second-order valence-corrected chi connectivity index (χ2v) is 5.14. The van der Waals surface area contributed by atoms with Crippen molar-refractivity contribution in [3.63, 3.8) is 0 Å². The molecule has 3 heteroatoms. The maximum atomic E-state index is 5.88. The Morgan fingerprint density at radius 1 is 1.05 bits per heavy atom. The highest BCUT2D eigenvalue weighted by atomic mass is 15.1. The van der Waals surface area contributed by atoms with Crippen molar-refractivity contribution in [1.29, 1.82) is 0 Å². The lowest BCUT2D eigenvalue weighted by Gasteiger charge is -2.23. The van der Waals surface area contributed by atoms with E-state index in [-0.39, 0.29) is 0 Å². The molecule has 0 fully saturated rings. The predicted molar refractivity (Wildman–Crippen MR) is 89.3 cm³/mol. The Hall–Kier alpha value is -2.55. The molecule has 106 valence electrons. The number of pyridine rings is 1. The van der Waals surface area contributed by atoms with Gasteiger partial charge in [0.05, 0.1) is 5.52 Å². The van der Waals surface area contributed by atoms with Crippen molar-refractivity contribution < 1.29 is 0 Å². The molecule has 1 heterocycles. The lowest BCUT2D eigenvalue weighted by atomic mass is 10.1. The number of rotatable bonds is 4. The minimum Gasteiger partial charge on any atom is -0.399 e. The van der Waals surface area contributed by atoms with Gasteiger partial charge in [-0.15, -0.1) is 0 Å². The van der Waals surface area contributed by atoms with Gasteiger partial charge in [0.2, 0.25) is 0 Å². The average Bonchev–Trinajstić information content (AvgIpc) is 2.52. The van der Waals surface area contributed by atoms with Gasteiger partial charge in [-0.2, -0.15) is 0 Å². The van der Waals surface area contributed by atoms with Crippen molar-refractivity contribution in [2.24, 2.45) is 0 Å². The van der Waals surface area contributed by atoms with E-state index in [0.29, 0.717) is 0 Å². The van der Waals surface area contributed by atoms with E-state index < -0.39 is 0 Å². The van der Waals surface area contributed by atoms with Crippen LogP contribution in [0, 0.1) is 0 Å². The summed E-state index contributed by atoms with van der Waals surface area (Å²) in [7, 11) is 0. The van der Waals surface area contributed by atoms with Gasteiger partial charge in [0.1, 0.15) is 0 Å². The molecule has 21 heavy (non-hydrogen) atoms. The molecule has 0 saturated carbocycles. The fraction of sp³-hybridized carbons (Fsp3) is 0.167. The SMILES string of the molecule is CCN(Cc1ccc2ncccc2c1)c1cccc(N)c1. The molecule has 0 atom stereocenters. The quantitative estimate of drug-likeness (QED) is 0.737. The van der Waals surface area contributed by atoms with Crippen LogP contribution in [0.3, 0.4) is 0 Å². The summed E-state index contributed by atoms with van der Waals surface area (Å²) in [5, 5.41) is 1.18. The molecule has 0 aliphatic rings. The monoisotopic (exact) mass is 277 g/mol. The Labute approximate surface area is 125 Å². The Bertz CT molecular complexity index is 752. The molecule has 3 aromatic rings. The number of nitrogens with zero attached hydrogens (tertiary/aromatic N) is 2. The third kappa shape index (κ3) is 2.97. The summed E-state index contributed by atoms with van der Waals surface area (Å²) in [6.07, 6.45) is 1.83. The largest absolute Gasteiger partial charge is 0.399 e. The number of anilines is 2.